The molecule has 1 amide bonds. The number of hydrogen-bond donors (Lipinski definition) is 0. The van der Waals surface area contributed by atoms with Gasteiger partial charge in [0, 0.05) is 26.2 Å². The fraction of sp³-hybridized carbons (Fsp3) is 0.429. The van der Waals surface area contributed by atoms with Gasteiger partial charge in [-0.3, -0.25) is 14.5 Å². The van der Waals surface area contributed by atoms with E-state index in [1.165, 1.54) is 5.56 Å². The first-order valence-corrected chi connectivity index (χ1v) is 12.3. The van der Waals surface area contributed by atoms with Gasteiger partial charge >= 0.3 is 0 Å². The summed E-state index contributed by atoms with van der Waals surface area (Å²) in [5, 5.41) is 0.542. The molecule has 34 heavy (non-hydrogen) atoms. The number of benzene rings is 2. The fourth-order valence-corrected chi connectivity index (χ4v) is 5.08. The summed E-state index contributed by atoms with van der Waals surface area (Å²) in [6, 6.07) is 11.6. The van der Waals surface area contributed by atoms with Crippen LogP contribution in [0.3, 0.4) is 0 Å². The molecule has 0 spiro atoms. The summed E-state index contributed by atoms with van der Waals surface area (Å²) in [5.74, 6) is -0.00420. The highest BCUT2D eigenvalue weighted by molar-refractivity contribution is 5.99. The molecule has 2 aliphatic heterocycles. The average Bonchev–Trinajstić information content (AvgIpc) is 3.13. The van der Waals surface area contributed by atoms with E-state index in [1.54, 1.807) is 0 Å². The van der Waals surface area contributed by atoms with Gasteiger partial charge in [0.1, 0.15) is 5.58 Å². The van der Waals surface area contributed by atoms with E-state index in [-0.39, 0.29) is 17.1 Å². The van der Waals surface area contributed by atoms with Gasteiger partial charge in [0.05, 0.1) is 30.2 Å². The zero-order valence-electron chi connectivity index (χ0n) is 20.2. The van der Waals surface area contributed by atoms with Crippen molar-refractivity contribution >= 4 is 16.9 Å². The van der Waals surface area contributed by atoms with E-state index in [1.807, 2.05) is 43.0 Å². The molecule has 5 rings (SSSR count). The maximum atomic E-state index is 13.7. The molecule has 178 valence electrons. The van der Waals surface area contributed by atoms with Gasteiger partial charge in [-0.15, -0.1) is 0 Å². The molecule has 6 nitrogen and oxygen atoms in total. The van der Waals surface area contributed by atoms with Crippen LogP contribution in [-0.4, -0.2) is 55.1 Å². The van der Waals surface area contributed by atoms with Gasteiger partial charge in [-0.1, -0.05) is 31.2 Å². The number of nitrogens with zero attached hydrogens (tertiary/aromatic N) is 2. The Morgan fingerprint density at radius 3 is 2.38 bits per heavy atom. The Bertz CT molecular complexity index is 1270. The van der Waals surface area contributed by atoms with Crippen LogP contribution >= 0.6 is 0 Å². The largest absolute Gasteiger partial charge is 0.450 e. The Hall–Kier alpha value is -2.96. The molecule has 1 saturated heterocycles. The van der Waals surface area contributed by atoms with Gasteiger partial charge in [0.15, 0.2) is 5.43 Å². The van der Waals surface area contributed by atoms with Crippen LogP contribution in [-0.2, 0) is 11.2 Å². The first kappa shape index (κ1) is 22.8. The molecule has 1 unspecified atom stereocenters. The quantitative estimate of drug-likeness (QED) is 0.551. The Balaban J connectivity index is 1.55. The lowest BCUT2D eigenvalue weighted by molar-refractivity contribution is 0.0353. The molecule has 3 heterocycles. The normalized spacial score (nSPS) is 18.6. The van der Waals surface area contributed by atoms with Gasteiger partial charge in [-0.2, -0.15) is 0 Å². The van der Waals surface area contributed by atoms with Crippen molar-refractivity contribution < 1.29 is 13.9 Å². The van der Waals surface area contributed by atoms with Crippen LogP contribution < -0.4 is 5.43 Å². The topological polar surface area (TPSA) is 63.0 Å². The highest BCUT2D eigenvalue weighted by Gasteiger charge is 2.42. The number of ether oxygens (including phenoxy) is 1. The number of carbonyl (C=O) groups is 1. The molecule has 0 radical (unpaired) electrons. The van der Waals surface area contributed by atoms with E-state index in [0.29, 0.717) is 23.1 Å². The molecule has 0 aliphatic carbocycles. The Kier molecular flexibility index (Phi) is 6.28. The number of amides is 1. The van der Waals surface area contributed by atoms with Crippen LogP contribution in [0.5, 0.6) is 0 Å². The SMILES string of the molecule is CCc1ccc(C2c3c(oc4cc(C)c(C)cc4c3=O)C(=O)N2CCCN2CCOCC2)cc1. The molecule has 1 fully saturated rings. The third kappa shape index (κ3) is 4.05. The lowest BCUT2D eigenvalue weighted by Gasteiger charge is -2.29. The van der Waals surface area contributed by atoms with Crippen molar-refractivity contribution in [3.63, 3.8) is 0 Å². The first-order valence-electron chi connectivity index (χ1n) is 12.3. The van der Waals surface area contributed by atoms with Crippen LogP contribution in [0.4, 0.5) is 0 Å². The monoisotopic (exact) mass is 460 g/mol. The lowest BCUT2D eigenvalue weighted by Crippen LogP contribution is -2.38. The first-order chi connectivity index (χ1) is 16.5. The standard InChI is InChI=1S/C28H32N2O4/c1-4-20-6-8-21(9-7-20)25-24-26(31)22-16-18(2)19(3)17-23(22)34-27(24)28(32)30(25)11-5-10-29-12-14-33-15-13-29/h6-9,16-17,25H,4-5,10-15H2,1-3H3. The summed E-state index contributed by atoms with van der Waals surface area (Å²) < 4.78 is 11.6. The fourth-order valence-electron chi connectivity index (χ4n) is 5.08. The smallest absolute Gasteiger partial charge is 0.290 e. The molecule has 6 heteroatoms. The molecule has 0 saturated carbocycles. The van der Waals surface area contributed by atoms with Crippen molar-refractivity contribution in [2.45, 2.75) is 39.7 Å². The van der Waals surface area contributed by atoms with E-state index in [4.69, 9.17) is 9.15 Å². The van der Waals surface area contributed by atoms with E-state index in [9.17, 15) is 9.59 Å². The Morgan fingerprint density at radius 2 is 1.68 bits per heavy atom. The molecule has 0 bridgehead atoms. The van der Waals surface area contributed by atoms with E-state index >= 15 is 0 Å². The molecule has 3 aromatic rings. The number of morpholine rings is 1. The molecular weight excluding hydrogens is 428 g/mol. The van der Waals surface area contributed by atoms with Crippen LogP contribution in [0.15, 0.2) is 45.6 Å². The van der Waals surface area contributed by atoms with Crippen molar-refractivity contribution in [2.24, 2.45) is 0 Å². The van der Waals surface area contributed by atoms with Gasteiger partial charge in [-0.05, 0) is 61.1 Å². The van der Waals surface area contributed by atoms with Crippen LogP contribution in [0.25, 0.3) is 11.0 Å². The third-order valence-corrected chi connectivity index (χ3v) is 7.26. The van der Waals surface area contributed by atoms with Crippen LogP contribution in [0.2, 0.25) is 0 Å². The number of hydrogen-bond acceptors (Lipinski definition) is 5. The van der Waals surface area contributed by atoms with E-state index < -0.39 is 6.04 Å². The zero-order chi connectivity index (χ0) is 23.8. The summed E-state index contributed by atoms with van der Waals surface area (Å²) in [4.78, 5) is 31.5. The van der Waals surface area contributed by atoms with Crippen LogP contribution in [0, 0.1) is 13.8 Å². The number of rotatable bonds is 6. The number of carbonyl (C=O) groups excluding carboxylic acids is 1. The third-order valence-electron chi connectivity index (χ3n) is 7.26. The van der Waals surface area contributed by atoms with Gasteiger partial charge in [0.2, 0.25) is 5.76 Å². The minimum atomic E-state index is -0.430. The predicted molar refractivity (Wildman–Crippen MR) is 133 cm³/mol. The van der Waals surface area contributed by atoms with Crippen LogP contribution in [0.1, 0.15) is 57.8 Å². The van der Waals surface area contributed by atoms with Crippen molar-refractivity contribution in [2.75, 3.05) is 39.4 Å². The van der Waals surface area contributed by atoms with Gasteiger partial charge in [-0.25, -0.2) is 0 Å². The summed E-state index contributed by atoms with van der Waals surface area (Å²) in [6.45, 7) is 10.9. The summed E-state index contributed by atoms with van der Waals surface area (Å²) in [5.41, 5.74) is 5.10. The van der Waals surface area contributed by atoms with E-state index in [2.05, 4.69) is 24.0 Å². The summed E-state index contributed by atoms with van der Waals surface area (Å²) >= 11 is 0. The maximum absolute atomic E-state index is 13.7. The molecule has 2 aliphatic rings. The highest BCUT2D eigenvalue weighted by atomic mass is 16.5. The zero-order valence-corrected chi connectivity index (χ0v) is 20.2. The minimum absolute atomic E-state index is 0.104. The lowest BCUT2D eigenvalue weighted by atomic mass is 9.96. The minimum Gasteiger partial charge on any atom is -0.450 e. The van der Waals surface area contributed by atoms with Crippen molar-refractivity contribution in [1.82, 2.24) is 9.80 Å². The van der Waals surface area contributed by atoms with Gasteiger partial charge in [0.25, 0.3) is 5.91 Å². The molecule has 1 aromatic heterocycles. The van der Waals surface area contributed by atoms with Crippen molar-refractivity contribution in [1.29, 1.82) is 0 Å². The number of fused-ring (bicyclic) bond motifs is 2. The molecule has 1 atom stereocenters. The Labute approximate surface area is 200 Å². The molecule has 2 aromatic carbocycles. The van der Waals surface area contributed by atoms with Crippen molar-refractivity contribution in [3.05, 3.63) is 80.2 Å². The second-order valence-corrected chi connectivity index (χ2v) is 9.41. The molecule has 0 N–H and O–H groups in total. The number of aryl methyl sites for hydroxylation is 3. The highest BCUT2D eigenvalue weighted by Crippen LogP contribution is 2.38. The van der Waals surface area contributed by atoms with Crippen molar-refractivity contribution in [3.8, 4) is 0 Å². The van der Waals surface area contributed by atoms with E-state index in [0.717, 1.165) is 62.4 Å². The average molecular weight is 461 g/mol. The predicted octanol–water partition coefficient (Wildman–Crippen LogP) is 4.24. The molecular formula is C28H32N2O4. The van der Waals surface area contributed by atoms with Gasteiger partial charge < -0.3 is 14.1 Å². The second-order valence-electron chi connectivity index (χ2n) is 9.41. The summed E-state index contributed by atoms with van der Waals surface area (Å²) in [6.07, 6.45) is 1.77. The summed E-state index contributed by atoms with van der Waals surface area (Å²) in [7, 11) is 0. The Morgan fingerprint density at radius 1 is 0.971 bits per heavy atom. The second kappa shape index (κ2) is 9.35. The maximum Gasteiger partial charge on any atom is 0.290 e.